The maximum atomic E-state index is 12.0. The normalized spacial score (nSPS) is 10.4. The number of alkyl halides is 1. The molecular weight excluding hydrogens is 258 g/mol. The van der Waals surface area contributed by atoms with E-state index < -0.39 is 0 Å². The molecule has 0 saturated heterocycles. The number of aryl methyl sites for hydroxylation is 2. The topological polar surface area (TPSA) is 38.1 Å². The lowest BCUT2D eigenvalue weighted by atomic mass is 10.3. The van der Waals surface area contributed by atoms with E-state index in [1.54, 1.807) is 16.6 Å². The lowest BCUT2D eigenvalue weighted by Crippen LogP contribution is -2.30. The minimum Gasteiger partial charge on any atom is -0.340 e. The molecule has 0 spiro atoms. The van der Waals surface area contributed by atoms with Crippen LogP contribution in [0.4, 0.5) is 0 Å². The molecule has 0 bridgehead atoms. The molecule has 1 amide bonds. The molecule has 0 aliphatic heterocycles. The molecule has 1 aromatic rings. The maximum absolute atomic E-state index is 12.0. The highest BCUT2D eigenvalue weighted by Gasteiger charge is 2.16. The van der Waals surface area contributed by atoms with Crippen LogP contribution in [0, 0.1) is 6.92 Å². The zero-order valence-electron chi connectivity index (χ0n) is 9.33. The van der Waals surface area contributed by atoms with Gasteiger partial charge in [-0.2, -0.15) is 5.10 Å². The fourth-order valence-corrected chi connectivity index (χ4v) is 1.91. The van der Waals surface area contributed by atoms with Crippen molar-refractivity contribution in [2.24, 2.45) is 0 Å². The molecule has 0 unspecified atom stereocenters. The van der Waals surface area contributed by atoms with Gasteiger partial charge in [0.15, 0.2) is 0 Å². The van der Waals surface area contributed by atoms with Crippen molar-refractivity contribution in [3.63, 3.8) is 0 Å². The van der Waals surface area contributed by atoms with Gasteiger partial charge in [0, 0.05) is 25.5 Å². The van der Waals surface area contributed by atoms with E-state index in [0.29, 0.717) is 12.2 Å². The quantitative estimate of drug-likeness (QED) is 0.783. The van der Waals surface area contributed by atoms with Crippen LogP contribution in [0.15, 0.2) is 6.07 Å². The van der Waals surface area contributed by atoms with Crippen LogP contribution in [0.1, 0.15) is 23.1 Å². The zero-order chi connectivity index (χ0) is 11.4. The summed E-state index contributed by atoms with van der Waals surface area (Å²) in [5.74, 6) is 0.0249. The van der Waals surface area contributed by atoms with Crippen molar-refractivity contribution in [2.75, 3.05) is 18.9 Å². The standard InChI is InChI=1S/C10H16BrN3O/c1-4-14-9(7-8(2)12-14)10(15)13(3)6-5-11/h7H,4-6H2,1-3H3. The molecule has 0 N–H and O–H groups in total. The molecule has 0 fully saturated rings. The summed E-state index contributed by atoms with van der Waals surface area (Å²) in [5.41, 5.74) is 1.55. The predicted octanol–water partition coefficient (Wildman–Crippen LogP) is 1.68. The zero-order valence-corrected chi connectivity index (χ0v) is 10.9. The third-order valence-electron chi connectivity index (χ3n) is 2.19. The van der Waals surface area contributed by atoms with E-state index in [9.17, 15) is 4.79 Å². The predicted molar refractivity (Wildman–Crippen MR) is 63.4 cm³/mol. The van der Waals surface area contributed by atoms with E-state index >= 15 is 0 Å². The molecule has 0 atom stereocenters. The number of nitrogens with zero attached hydrogens (tertiary/aromatic N) is 3. The van der Waals surface area contributed by atoms with Gasteiger partial charge in [-0.25, -0.2) is 0 Å². The van der Waals surface area contributed by atoms with E-state index in [1.165, 1.54) is 0 Å². The smallest absolute Gasteiger partial charge is 0.271 e. The van der Waals surface area contributed by atoms with Crippen LogP contribution < -0.4 is 0 Å². The van der Waals surface area contributed by atoms with Crippen LogP contribution >= 0.6 is 15.9 Å². The third kappa shape index (κ3) is 2.81. The number of aromatic nitrogens is 2. The molecular formula is C10H16BrN3O. The van der Waals surface area contributed by atoms with E-state index in [0.717, 1.165) is 17.6 Å². The van der Waals surface area contributed by atoms with Gasteiger partial charge < -0.3 is 4.90 Å². The van der Waals surface area contributed by atoms with Gasteiger partial charge >= 0.3 is 0 Å². The number of halogens is 1. The second-order valence-corrected chi connectivity index (χ2v) is 4.20. The second-order valence-electron chi connectivity index (χ2n) is 3.40. The van der Waals surface area contributed by atoms with E-state index in [4.69, 9.17) is 0 Å². The van der Waals surface area contributed by atoms with Crippen LogP contribution in [-0.4, -0.2) is 39.5 Å². The van der Waals surface area contributed by atoms with Gasteiger partial charge in [-0.15, -0.1) is 0 Å². The van der Waals surface area contributed by atoms with Crippen LogP contribution in [0.3, 0.4) is 0 Å². The molecule has 0 radical (unpaired) electrons. The molecule has 0 aliphatic rings. The van der Waals surface area contributed by atoms with Crippen LogP contribution in [-0.2, 0) is 6.54 Å². The fraction of sp³-hybridized carbons (Fsp3) is 0.600. The second kappa shape index (κ2) is 5.30. The van der Waals surface area contributed by atoms with Crippen molar-refractivity contribution in [1.29, 1.82) is 0 Å². The molecule has 15 heavy (non-hydrogen) atoms. The fourth-order valence-electron chi connectivity index (χ4n) is 1.38. The Hall–Kier alpha value is -0.840. The minimum atomic E-state index is 0.0249. The Morgan fingerprint density at radius 1 is 1.67 bits per heavy atom. The lowest BCUT2D eigenvalue weighted by Gasteiger charge is -2.15. The number of amides is 1. The summed E-state index contributed by atoms with van der Waals surface area (Å²) < 4.78 is 1.74. The molecule has 0 saturated carbocycles. The van der Waals surface area contributed by atoms with Gasteiger partial charge in [-0.05, 0) is 19.9 Å². The molecule has 5 heteroatoms. The van der Waals surface area contributed by atoms with Crippen molar-refractivity contribution < 1.29 is 4.79 Å². The maximum Gasteiger partial charge on any atom is 0.271 e. The minimum absolute atomic E-state index is 0.0249. The first-order valence-corrected chi connectivity index (χ1v) is 6.08. The molecule has 1 rings (SSSR count). The van der Waals surface area contributed by atoms with Crippen LogP contribution in [0.2, 0.25) is 0 Å². The Morgan fingerprint density at radius 2 is 2.33 bits per heavy atom. The largest absolute Gasteiger partial charge is 0.340 e. The summed E-state index contributed by atoms with van der Waals surface area (Å²) in [4.78, 5) is 13.7. The van der Waals surface area contributed by atoms with Gasteiger partial charge in [0.25, 0.3) is 5.91 Å². The van der Waals surface area contributed by atoms with Crippen molar-refractivity contribution in [3.05, 3.63) is 17.5 Å². The van der Waals surface area contributed by atoms with Gasteiger partial charge in [0.1, 0.15) is 5.69 Å². The Kier molecular flexibility index (Phi) is 4.32. The summed E-state index contributed by atoms with van der Waals surface area (Å²) in [6.45, 7) is 5.30. The summed E-state index contributed by atoms with van der Waals surface area (Å²) in [6, 6.07) is 1.83. The monoisotopic (exact) mass is 273 g/mol. The average Bonchev–Trinajstić information content (AvgIpc) is 2.58. The van der Waals surface area contributed by atoms with Crippen molar-refractivity contribution in [3.8, 4) is 0 Å². The number of hydrogen-bond acceptors (Lipinski definition) is 2. The molecule has 0 aromatic carbocycles. The Labute approximate surface area is 98.4 Å². The van der Waals surface area contributed by atoms with Gasteiger partial charge in [-0.1, -0.05) is 15.9 Å². The molecule has 1 aromatic heterocycles. The molecule has 1 heterocycles. The van der Waals surface area contributed by atoms with Gasteiger partial charge in [-0.3, -0.25) is 9.48 Å². The van der Waals surface area contributed by atoms with Crippen molar-refractivity contribution >= 4 is 21.8 Å². The highest BCUT2D eigenvalue weighted by molar-refractivity contribution is 9.09. The van der Waals surface area contributed by atoms with Crippen molar-refractivity contribution in [2.45, 2.75) is 20.4 Å². The van der Waals surface area contributed by atoms with Crippen molar-refractivity contribution in [1.82, 2.24) is 14.7 Å². The first-order chi connectivity index (χ1) is 7.10. The molecule has 0 aliphatic carbocycles. The first-order valence-electron chi connectivity index (χ1n) is 4.96. The van der Waals surface area contributed by atoms with Gasteiger partial charge in [0.05, 0.1) is 5.69 Å². The summed E-state index contributed by atoms with van der Waals surface area (Å²) in [5, 5.41) is 5.04. The highest BCUT2D eigenvalue weighted by atomic mass is 79.9. The number of carbonyl (C=O) groups excluding carboxylic acids is 1. The Bertz CT molecular complexity index is 348. The van der Waals surface area contributed by atoms with Crippen LogP contribution in [0.5, 0.6) is 0 Å². The first kappa shape index (κ1) is 12.2. The summed E-state index contributed by atoms with van der Waals surface area (Å²) >= 11 is 3.32. The lowest BCUT2D eigenvalue weighted by molar-refractivity contribution is 0.0792. The van der Waals surface area contributed by atoms with Crippen LogP contribution in [0.25, 0.3) is 0 Å². The number of carbonyl (C=O) groups is 1. The number of rotatable bonds is 4. The molecule has 84 valence electrons. The molecule has 4 nitrogen and oxygen atoms in total. The SMILES string of the molecule is CCn1nc(C)cc1C(=O)N(C)CCBr. The highest BCUT2D eigenvalue weighted by Crippen LogP contribution is 2.07. The summed E-state index contributed by atoms with van der Waals surface area (Å²) in [6.07, 6.45) is 0. The van der Waals surface area contributed by atoms with Gasteiger partial charge in [0.2, 0.25) is 0 Å². The average molecular weight is 274 g/mol. The third-order valence-corrected chi connectivity index (χ3v) is 2.54. The summed E-state index contributed by atoms with van der Waals surface area (Å²) in [7, 11) is 1.80. The number of hydrogen-bond donors (Lipinski definition) is 0. The van der Waals surface area contributed by atoms with E-state index in [-0.39, 0.29) is 5.91 Å². The Morgan fingerprint density at radius 3 is 2.87 bits per heavy atom. The van der Waals surface area contributed by atoms with E-state index in [1.807, 2.05) is 19.9 Å². The Balaban J connectivity index is 2.89. The van der Waals surface area contributed by atoms with E-state index in [2.05, 4.69) is 21.0 Å².